The summed E-state index contributed by atoms with van der Waals surface area (Å²) in [4.78, 5) is 9.88. The van der Waals surface area contributed by atoms with Gasteiger partial charge in [-0.3, -0.25) is 10.1 Å². The first-order chi connectivity index (χ1) is 7.15. The highest BCUT2D eigenvalue weighted by atomic mass is 19.1. The van der Waals surface area contributed by atoms with Gasteiger partial charge in [0.1, 0.15) is 5.82 Å². The monoisotopic (exact) mass is 213 g/mol. The van der Waals surface area contributed by atoms with E-state index in [1.54, 1.807) is 6.07 Å². The molecular formula is C10H12FNO3. The summed E-state index contributed by atoms with van der Waals surface area (Å²) >= 11 is 0. The molecule has 5 heteroatoms. The molecule has 0 heterocycles. The number of halogens is 1. The lowest BCUT2D eigenvalue weighted by Gasteiger charge is -2.12. The molecule has 0 bridgehead atoms. The zero-order chi connectivity index (χ0) is 11.3. The minimum Gasteiger partial charge on any atom is -0.396 e. The fourth-order valence-electron chi connectivity index (χ4n) is 1.49. The first-order valence-corrected chi connectivity index (χ1v) is 4.62. The Hall–Kier alpha value is -1.49. The normalized spacial score (nSPS) is 12.4. The maximum Gasteiger partial charge on any atom is 0.210 e. The van der Waals surface area contributed by atoms with Crippen LogP contribution in [-0.2, 0) is 0 Å². The minimum atomic E-state index is -0.564. The molecule has 15 heavy (non-hydrogen) atoms. The predicted molar refractivity (Wildman–Crippen MR) is 52.7 cm³/mol. The summed E-state index contributed by atoms with van der Waals surface area (Å²) in [5.41, 5.74) is 0.295. The standard InChI is InChI=1S/C10H12FNO3/c11-10-4-2-1-3-9(10)8(5-6-13)7-12(14)15/h1-4,8,13H,5-7H2. The van der Waals surface area contributed by atoms with Crippen molar-refractivity contribution >= 4 is 0 Å². The molecule has 1 aromatic carbocycles. The van der Waals surface area contributed by atoms with Crippen LogP contribution in [0.25, 0.3) is 0 Å². The summed E-state index contributed by atoms with van der Waals surface area (Å²) in [6.07, 6.45) is 0.196. The average Bonchev–Trinajstić information content (AvgIpc) is 2.17. The van der Waals surface area contributed by atoms with Crippen molar-refractivity contribution in [2.45, 2.75) is 12.3 Å². The van der Waals surface area contributed by atoms with Gasteiger partial charge in [0.15, 0.2) is 0 Å². The first-order valence-electron chi connectivity index (χ1n) is 4.62. The number of nitrogens with zero attached hydrogens (tertiary/aromatic N) is 1. The topological polar surface area (TPSA) is 63.4 Å². The maximum atomic E-state index is 13.3. The molecule has 82 valence electrons. The van der Waals surface area contributed by atoms with Gasteiger partial charge in [0.2, 0.25) is 6.54 Å². The molecule has 0 aliphatic rings. The molecule has 1 rings (SSSR count). The Labute approximate surface area is 86.5 Å². The van der Waals surface area contributed by atoms with Crippen LogP contribution in [0.5, 0.6) is 0 Å². The van der Waals surface area contributed by atoms with Crippen LogP contribution in [0.1, 0.15) is 17.9 Å². The van der Waals surface area contributed by atoms with Gasteiger partial charge < -0.3 is 5.11 Å². The first kappa shape index (κ1) is 11.6. The second-order valence-corrected chi connectivity index (χ2v) is 3.25. The van der Waals surface area contributed by atoms with E-state index < -0.39 is 16.7 Å². The number of rotatable bonds is 5. The molecule has 1 atom stereocenters. The van der Waals surface area contributed by atoms with Gasteiger partial charge in [-0.15, -0.1) is 0 Å². The van der Waals surface area contributed by atoms with Crippen LogP contribution in [0.4, 0.5) is 4.39 Å². The van der Waals surface area contributed by atoms with Gasteiger partial charge in [0.05, 0.1) is 5.92 Å². The summed E-state index contributed by atoms with van der Waals surface area (Å²) in [6.45, 7) is -0.547. The van der Waals surface area contributed by atoms with Crippen molar-refractivity contribution < 1.29 is 14.4 Å². The molecule has 0 aliphatic carbocycles. The van der Waals surface area contributed by atoms with Crippen molar-refractivity contribution in [1.82, 2.24) is 0 Å². The van der Waals surface area contributed by atoms with Gasteiger partial charge in [-0.25, -0.2) is 4.39 Å². The number of benzene rings is 1. The van der Waals surface area contributed by atoms with Crippen molar-refractivity contribution in [3.8, 4) is 0 Å². The van der Waals surface area contributed by atoms with Crippen LogP contribution in [0.15, 0.2) is 24.3 Å². The van der Waals surface area contributed by atoms with E-state index in [9.17, 15) is 14.5 Å². The number of nitro groups is 1. The van der Waals surface area contributed by atoms with E-state index in [0.29, 0.717) is 5.56 Å². The number of aliphatic hydroxyl groups excluding tert-OH is 1. The number of hydrogen-bond donors (Lipinski definition) is 1. The molecule has 0 radical (unpaired) electrons. The minimum absolute atomic E-state index is 0.188. The fourth-order valence-corrected chi connectivity index (χ4v) is 1.49. The van der Waals surface area contributed by atoms with Crippen molar-refractivity contribution in [3.05, 3.63) is 45.8 Å². The van der Waals surface area contributed by atoms with Gasteiger partial charge in [-0.1, -0.05) is 18.2 Å². The lowest BCUT2D eigenvalue weighted by molar-refractivity contribution is -0.483. The molecule has 0 aliphatic heterocycles. The Morgan fingerprint density at radius 1 is 1.47 bits per heavy atom. The van der Waals surface area contributed by atoms with E-state index in [4.69, 9.17) is 5.11 Å². The van der Waals surface area contributed by atoms with Crippen molar-refractivity contribution in [1.29, 1.82) is 0 Å². The smallest absolute Gasteiger partial charge is 0.210 e. The lowest BCUT2D eigenvalue weighted by atomic mass is 9.96. The van der Waals surface area contributed by atoms with Crippen LogP contribution in [-0.4, -0.2) is 23.2 Å². The highest BCUT2D eigenvalue weighted by Crippen LogP contribution is 2.22. The molecule has 0 amide bonds. The highest BCUT2D eigenvalue weighted by Gasteiger charge is 2.20. The summed E-state index contributed by atoms with van der Waals surface area (Å²) in [5, 5.41) is 19.1. The Morgan fingerprint density at radius 3 is 2.67 bits per heavy atom. The SMILES string of the molecule is O=[N+]([O-])CC(CCO)c1ccccc1F. The fraction of sp³-hybridized carbons (Fsp3) is 0.400. The Balaban J connectivity index is 2.88. The summed E-state index contributed by atoms with van der Waals surface area (Å²) in [7, 11) is 0. The quantitative estimate of drug-likeness (QED) is 0.596. The zero-order valence-corrected chi connectivity index (χ0v) is 8.10. The molecule has 1 unspecified atom stereocenters. The third kappa shape index (κ3) is 3.28. The van der Waals surface area contributed by atoms with Crippen LogP contribution in [0, 0.1) is 15.9 Å². The third-order valence-corrected chi connectivity index (χ3v) is 2.19. The number of hydrogen-bond acceptors (Lipinski definition) is 3. The van der Waals surface area contributed by atoms with E-state index >= 15 is 0 Å². The van der Waals surface area contributed by atoms with Crippen LogP contribution < -0.4 is 0 Å². The summed E-state index contributed by atoms with van der Waals surface area (Å²) in [5.74, 6) is -1.02. The summed E-state index contributed by atoms with van der Waals surface area (Å²) < 4.78 is 13.3. The second kappa shape index (κ2) is 5.41. The van der Waals surface area contributed by atoms with Gasteiger partial charge in [0, 0.05) is 11.5 Å². The van der Waals surface area contributed by atoms with E-state index in [0.717, 1.165) is 0 Å². The van der Waals surface area contributed by atoms with Gasteiger partial charge in [-0.05, 0) is 18.1 Å². The van der Waals surface area contributed by atoms with E-state index in [-0.39, 0.29) is 19.6 Å². The van der Waals surface area contributed by atoms with Crippen molar-refractivity contribution in [2.24, 2.45) is 0 Å². The Bertz CT molecular complexity index is 343. The van der Waals surface area contributed by atoms with Crippen molar-refractivity contribution in [2.75, 3.05) is 13.2 Å². The van der Waals surface area contributed by atoms with E-state index in [1.165, 1.54) is 18.2 Å². The molecule has 1 N–H and O–H groups in total. The Morgan fingerprint density at radius 2 is 2.13 bits per heavy atom. The summed E-state index contributed by atoms with van der Waals surface area (Å²) in [6, 6.07) is 5.93. The van der Waals surface area contributed by atoms with Crippen molar-refractivity contribution in [3.63, 3.8) is 0 Å². The molecule has 0 saturated carbocycles. The molecule has 4 nitrogen and oxygen atoms in total. The molecule has 0 spiro atoms. The highest BCUT2D eigenvalue weighted by molar-refractivity contribution is 5.21. The molecule has 0 fully saturated rings. The molecule has 0 saturated heterocycles. The van der Waals surface area contributed by atoms with Gasteiger partial charge in [0.25, 0.3) is 0 Å². The lowest BCUT2D eigenvalue weighted by Crippen LogP contribution is -2.15. The second-order valence-electron chi connectivity index (χ2n) is 3.25. The third-order valence-electron chi connectivity index (χ3n) is 2.19. The van der Waals surface area contributed by atoms with Crippen LogP contribution >= 0.6 is 0 Å². The zero-order valence-electron chi connectivity index (χ0n) is 8.10. The van der Waals surface area contributed by atoms with Crippen LogP contribution in [0.3, 0.4) is 0 Å². The van der Waals surface area contributed by atoms with E-state index in [1.807, 2.05) is 0 Å². The maximum absolute atomic E-state index is 13.3. The van der Waals surface area contributed by atoms with Crippen LogP contribution in [0.2, 0.25) is 0 Å². The molecule has 0 aromatic heterocycles. The van der Waals surface area contributed by atoms with E-state index in [2.05, 4.69) is 0 Å². The average molecular weight is 213 g/mol. The predicted octanol–water partition coefficient (Wildman–Crippen LogP) is 1.57. The molecular weight excluding hydrogens is 201 g/mol. The van der Waals surface area contributed by atoms with Gasteiger partial charge in [-0.2, -0.15) is 0 Å². The van der Waals surface area contributed by atoms with Gasteiger partial charge >= 0.3 is 0 Å². The molecule has 1 aromatic rings. The largest absolute Gasteiger partial charge is 0.396 e. The number of aliphatic hydroxyl groups is 1. The Kier molecular flexibility index (Phi) is 4.17.